The first-order valence-corrected chi connectivity index (χ1v) is 5.33. The molecule has 2 N–H and O–H groups in total. The average Bonchev–Trinajstić information content (AvgIpc) is 2.11. The summed E-state index contributed by atoms with van der Waals surface area (Å²) in [6, 6.07) is 0. The van der Waals surface area contributed by atoms with Gasteiger partial charge in [-0.1, -0.05) is 32.5 Å². The Hall–Kier alpha value is -0.840. The zero-order valence-electron chi connectivity index (χ0n) is 8.49. The number of anilines is 1. The third kappa shape index (κ3) is 2.83. The van der Waals surface area contributed by atoms with Gasteiger partial charge in [0.1, 0.15) is 5.03 Å². The number of aromatic nitrogens is 2. The van der Waals surface area contributed by atoms with Crippen molar-refractivity contribution >= 4 is 17.7 Å². The molecule has 3 nitrogen and oxygen atoms in total. The summed E-state index contributed by atoms with van der Waals surface area (Å²) in [7, 11) is 0. The molecule has 1 aromatic rings. The highest BCUT2D eigenvalue weighted by molar-refractivity contribution is 7.99. The molecule has 0 aliphatic rings. The van der Waals surface area contributed by atoms with E-state index < -0.39 is 5.82 Å². The van der Waals surface area contributed by atoms with Gasteiger partial charge in [0.05, 0.1) is 6.20 Å². The fourth-order valence-corrected chi connectivity index (χ4v) is 1.69. The summed E-state index contributed by atoms with van der Waals surface area (Å²) in [5.74, 6) is 0.178. The Bertz CT molecular complexity index is 317. The highest BCUT2D eigenvalue weighted by atomic mass is 32.2. The molecule has 0 saturated heterocycles. The quantitative estimate of drug-likeness (QED) is 0.621. The summed E-state index contributed by atoms with van der Waals surface area (Å²) in [6.45, 7) is 6.20. The van der Waals surface area contributed by atoms with Crippen LogP contribution >= 0.6 is 11.8 Å². The summed E-state index contributed by atoms with van der Waals surface area (Å²) >= 11 is 1.39. The minimum Gasteiger partial charge on any atom is -0.368 e. The van der Waals surface area contributed by atoms with Crippen LogP contribution < -0.4 is 5.73 Å². The average molecular weight is 215 g/mol. The number of thioether (sulfide) groups is 1. The van der Waals surface area contributed by atoms with Crippen molar-refractivity contribution in [1.82, 2.24) is 9.97 Å². The first kappa shape index (κ1) is 11.2. The summed E-state index contributed by atoms with van der Waals surface area (Å²) in [5, 5.41) is 0.637. The summed E-state index contributed by atoms with van der Waals surface area (Å²) in [4.78, 5) is 7.42. The molecule has 0 saturated carbocycles. The molecule has 0 spiro atoms. The van der Waals surface area contributed by atoms with Gasteiger partial charge in [0, 0.05) is 5.25 Å². The molecule has 1 heterocycles. The van der Waals surface area contributed by atoms with Crippen LogP contribution in [0.25, 0.3) is 0 Å². The Morgan fingerprint density at radius 3 is 2.64 bits per heavy atom. The predicted molar refractivity (Wildman–Crippen MR) is 56.6 cm³/mol. The number of hydrogen-bond acceptors (Lipinski definition) is 4. The van der Waals surface area contributed by atoms with Crippen molar-refractivity contribution < 1.29 is 4.39 Å². The number of halogens is 1. The van der Waals surface area contributed by atoms with Gasteiger partial charge in [-0.3, -0.25) is 0 Å². The molecule has 0 bridgehead atoms. The van der Waals surface area contributed by atoms with Crippen LogP contribution in [0.1, 0.15) is 20.8 Å². The third-order valence-corrected chi connectivity index (χ3v) is 3.39. The van der Waals surface area contributed by atoms with Gasteiger partial charge in [0.2, 0.25) is 5.95 Å². The van der Waals surface area contributed by atoms with Crippen LogP contribution in [-0.2, 0) is 0 Å². The van der Waals surface area contributed by atoms with E-state index in [0.29, 0.717) is 16.2 Å². The van der Waals surface area contributed by atoms with E-state index in [-0.39, 0.29) is 5.95 Å². The number of nitrogen functional groups attached to an aromatic ring is 1. The van der Waals surface area contributed by atoms with E-state index >= 15 is 0 Å². The van der Waals surface area contributed by atoms with E-state index in [1.54, 1.807) is 0 Å². The van der Waals surface area contributed by atoms with E-state index in [1.165, 1.54) is 11.8 Å². The molecule has 14 heavy (non-hydrogen) atoms. The SMILES string of the molecule is CC(C)C(C)Sc1nc(N)ncc1F. The fraction of sp³-hybridized carbons (Fsp3) is 0.556. The lowest BCUT2D eigenvalue weighted by Crippen LogP contribution is -2.07. The smallest absolute Gasteiger partial charge is 0.221 e. The van der Waals surface area contributed by atoms with E-state index in [4.69, 9.17) is 5.73 Å². The highest BCUT2D eigenvalue weighted by Gasteiger charge is 2.13. The summed E-state index contributed by atoms with van der Waals surface area (Å²) in [5.41, 5.74) is 5.38. The van der Waals surface area contributed by atoms with Crippen LogP contribution in [0, 0.1) is 11.7 Å². The molecule has 1 aromatic heterocycles. The van der Waals surface area contributed by atoms with Crippen molar-refractivity contribution in [2.24, 2.45) is 5.92 Å². The lowest BCUT2D eigenvalue weighted by Gasteiger charge is -2.14. The van der Waals surface area contributed by atoms with Gasteiger partial charge in [-0.25, -0.2) is 14.4 Å². The maximum atomic E-state index is 13.2. The molecule has 0 aliphatic carbocycles. The van der Waals surface area contributed by atoms with E-state index in [2.05, 4.69) is 23.8 Å². The van der Waals surface area contributed by atoms with Crippen molar-refractivity contribution in [2.45, 2.75) is 31.0 Å². The Morgan fingerprint density at radius 2 is 2.07 bits per heavy atom. The molecule has 1 atom stereocenters. The molecule has 0 aliphatic heterocycles. The van der Waals surface area contributed by atoms with Crippen LogP contribution in [0.4, 0.5) is 10.3 Å². The molecule has 0 aromatic carbocycles. The fourth-order valence-electron chi connectivity index (χ4n) is 0.759. The van der Waals surface area contributed by atoms with Crippen LogP contribution in [0.2, 0.25) is 0 Å². The van der Waals surface area contributed by atoms with Crippen LogP contribution in [0.15, 0.2) is 11.2 Å². The maximum Gasteiger partial charge on any atom is 0.221 e. The Morgan fingerprint density at radius 1 is 1.43 bits per heavy atom. The number of hydrogen-bond donors (Lipinski definition) is 1. The molecule has 0 amide bonds. The summed E-state index contributed by atoms with van der Waals surface area (Å²) < 4.78 is 13.2. The van der Waals surface area contributed by atoms with Crippen LogP contribution in [0.5, 0.6) is 0 Å². The summed E-state index contributed by atoms with van der Waals surface area (Å²) in [6.07, 6.45) is 1.11. The lowest BCUT2D eigenvalue weighted by molar-refractivity contribution is 0.576. The molecule has 1 unspecified atom stereocenters. The van der Waals surface area contributed by atoms with Gasteiger partial charge < -0.3 is 5.73 Å². The van der Waals surface area contributed by atoms with Gasteiger partial charge in [0.25, 0.3) is 0 Å². The second-order valence-corrected chi connectivity index (χ2v) is 4.81. The van der Waals surface area contributed by atoms with Crippen molar-refractivity contribution in [3.63, 3.8) is 0 Å². The lowest BCUT2D eigenvalue weighted by atomic mass is 10.2. The number of rotatable bonds is 3. The predicted octanol–water partition coefficient (Wildman–Crippen LogP) is 2.33. The van der Waals surface area contributed by atoms with Crippen molar-refractivity contribution in [3.05, 3.63) is 12.0 Å². The van der Waals surface area contributed by atoms with E-state index in [0.717, 1.165) is 6.20 Å². The zero-order chi connectivity index (χ0) is 10.7. The Labute approximate surface area is 87.3 Å². The molecule has 1 rings (SSSR count). The van der Waals surface area contributed by atoms with Crippen molar-refractivity contribution in [1.29, 1.82) is 0 Å². The second-order valence-electron chi connectivity index (χ2n) is 3.45. The Balaban J connectivity index is 2.80. The highest BCUT2D eigenvalue weighted by Crippen LogP contribution is 2.28. The second kappa shape index (κ2) is 4.59. The molecule has 78 valence electrons. The van der Waals surface area contributed by atoms with E-state index in [1.807, 2.05) is 6.92 Å². The van der Waals surface area contributed by atoms with Gasteiger partial charge in [-0.15, -0.1) is 0 Å². The largest absolute Gasteiger partial charge is 0.368 e. The molecule has 0 fully saturated rings. The molecule has 5 heteroatoms. The Kier molecular flexibility index (Phi) is 3.69. The van der Waals surface area contributed by atoms with Gasteiger partial charge >= 0.3 is 0 Å². The first-order valence-electron chi connectivity index (χ1n) is 4.45. The molecular formula is C9H14FN3S. The number of nitrogens with two attached hydrogens (primary N) is 1. The molecular weight excluding hydrogens is 201 g/mol. The third-order valence-electron chi connectivity index (χ3n) is 1.97. The normalized spacial score (nSPS) is 13.2. The van der Waals surface area contributed by atoms with Gasteiger partial charge in [-0.2, -0.15) is 0 Å². The zero-order valence-corrected chi connectivity index (χ0v) is 9.31. The molecule has 0 radical (unpaired) electrons. The van der Waals surface area contributed by atoms with Crippen molar-refractivity contribution in [3.8, 4) is 0 Å². The maximum absolute atomic E-state index is 13.2. The van der Waals surface area contributed by atoms with Gasteiger partial charge in [-0.05, 0) is 5.92 Å². The minimum atomic E-state index is -0.406. The minimum absolute atomic E-state index is 0.116. The van der Waals surface area contributed by atoms with Gasteiger partial charge in [0.15, 0.2) is 5.82 Å². The topological polar surface area (TPSA) is 51.8 Å². The standard InChI is InChI=1S/C9H14FN3S/c1-5(2)6(3)14-8-7(10)4-12-9(11)13-8/h4-6H,1-3H3,(H2,11,12,13). The number of nitrogens with zero attached hydrogens (tertiary/aromatic N) is 2. The van der Waals surface area contributed by atoms with Crippen LogP contribution in [0.3, 0.4) is 0 Å². The van der Waals surface area contributed by atoms with Crippen molar-refractivity contribution in [2.75, 3.05) is 5.73 Å². The van der Waals surface area contributed by atoms with Crippen LogP contribution in [-0.4, -0.2) is 15.2 Å². The van der Waals surface area contributed by atoms with E-state index in [9.17, 15) is 4.39 Å². The monoisotopic (exact) mass is 215 g/mol. The first-order chi connectivity index (χ1) is 6.50.